The average Bonchev–Trinajstić information content (AvgIpc) is 3.17. The molecule has 1 saturated heterocycles. The number of halogens is 3. The van der Waals surface area contributed by atoms with Gasteiger partial charge < -0.3 is 11.1 Å². The first-order valence-corrected chi connectivity index (χ1v) is 9.49. The second-order valence-electron chi connectivity index (χ2n) is 6.79. The molecule has 2 amide bonds. The van der Waals surface area contributed by atoms with Gasteiger partial charge in [0.2, 0.25) is 0 Å². The lowest BCUT2D eigenvalue weighted by Gasteiger charge is -2.34. The minimum atomic E-state index is -4.46. The number of alkyl halides is 3. The van der Waals surface area contributed by atoms with Crippen LogP contribution in [0.4, 0.5) is 18.9 Å². The molecule has 1 fully saturated rings. The molecule has 0 radical (unpaired) electrons. The van der Waals surface area contributed by atoms with Crippen molar-refractivity contribution in [1.82, 2.24) is 20.0 Å². The molecule has 1 aromatic heterocycles. The van der Waals surface area contributed by atoms with Crippen LogP contribution in [0.5, 0.6) is 0 Å². The fraction of sp³-hybridized carbons (Fsp3) is 0.300. The van der Waals surface area contributed by atoms with E-state index in [0.717, 1.165) is 12.3 Å². The zero-order valence-electron chi connectivity index (χ0n) is 16.6. The predicted octanol–water partition coefficient (Wildman–Crippen LogP) is 2.37. The Morgan fingerprint density at radius 3 is 2.65 bits per heavy atom. The number of nitrogens with zero attached hydrogens (tertiary/aromatic N) is 4. The predicted molar refractivity (Wildman–Crippen MR) is 107 cm³/mol. The number of aliphatic imine (C=N–C) groups is 1. The molecule has 1 atom stereocenters. The van der Waals surface area contributed by atoms with Crippen LogP contribution in [0.2, 0.25) is 0 Å². The van der Waals surface area contributed by atoms with Crippen molar-refractivity contribution >= 4 is 23.3 Å². The molecule has 3 rings (SSSR count). The highest BCUT2D eigenvalue weighted by molar-refractivity contribution is 6.13. The Morgan fingerprint density at radius 1 is 1.32 bits per heavy atom. The number of carbonyl (C=O) groups is 2. The fourth-order valence-electron chi connectivity index (χ4n) is 3.17. The standard InChI is InChI=1S/C20H21F3N6O2/c1-2-29-17(25-14-6-4-3-5-7-14)13(11-24)10-16(19(29)31)26-18(30)15-8-9-28(27-15)12-20(21,22)23/h3-9,11,16H,2,10,12,24H2,1H3,(H,26,30)/b13-11-,25-17?. The molecular weight excluding hydrogens is 413 g/mol. The van der Waals surface area contributed by atoms with E-state index in [2.05, 4.69) is 15.4 Å². The van der Waals surface area contributed by atoms with Gasteiger partial charge in [0, 0.05) is 30.9 Å². The Morgan fingerprint density at radius 2 is 2.03 bits per heavy atom. The first kappa shape index (κ1) is 22.1. The Balaban J connectivity index is 1.79. The van der Waals surface area contributed by atoms with Crippen LogP contribution in [0.1, 0.15) is 23.8 Å². The van der Waals surface area contributed by atoms with Gasteiger partial charge in [0.15, 0.2) is 0 Å². The summed E-state index contributed by atoms with van der Waals surface area (Å²) in [5.74, 6) is -0.762. The molecule has 1 aromatic carbocycles. The molecule has 8 nitrogen and oxygen atoms in total. The number of aromatic nitrogens is 2. The third-order valence-electron chi connectivity index (χ3n) is 4.56. The first-order valence-electron chi connectivity index (χ1n) is 9.49. The van der Waals surface area contributed by atoms with E-state index in [1.807, 2.05) is 18.2 Å². The molecule has 2 heterocycles. The van der Waals surface area contributed by atoms with E-state index in [4.69, 9.17) is 5.73 Å². The molecule has 11 heteroatoms. The number of likely N-dealkylation sites (tertiary alicyclic amines) is 1. The Labute approximate surface area is 176 Å². The first-order chi connectivity index (χ1) is 14.7. The Hall–Kier alpha value is -3.63. The summed E-state index contributed by atoms with van der Waals surface area (Å²) >= 11 is 0. The van der Waals surface area contributed by atoms with Crippen LogP contribution in [-0.4, -0.2) is 51.1 Å². The smallest absolute Gasteiger partial charge is 0.404 e. The van der Waals surface area contributed by atoms with Gasteiger partial charge >= 0.3 is 6.18 Å². The summed E-state index contributed by atoms with van der Waals surface area (Å²) in [5, 5.41) is 6.17. The summed E-state index contributed by atoms with van der Waals surface area (Å²) in [5.41, 5.74) is 6.73. The Kier molecular flexibility index (Phi) is 6.42. The maximum atomic E-state index is 13.0. The Bertz CT molecular complexity index is 1010. The van der Waals surface area contributed by atoms with Gasteiger partial charge in [-0.2, -0.15) is 18.3 Å². The number of amides is 2. The highest BCUT2D eigenvalue weighted by Gasteiger charge is 2.36. The van der Waals surface area contributed by atoms with E-state index in [1.54, 1.807) is 19.1 Å². The summed E-state index contributed by atoms with van der Waals surface area (Å²) < 4.78 is 38.1. The zero-order valence-corrected chi connectivity index (χ0v) is 16.6. The van der Waals surface area contributed by atoms with Gasteiger partial charge in [0.25, 0.3) is 11.8 Å². The number of para-hydroxylation sites is 1. The molecule has 0 bridgehead atoms. The van der Waals surface area contributed by atoms with E-state index >= 15 is 0 Å². The summed E-state index contributed by atoms with van der Waals surface area (Å²) in [7, 11) is 0. The van der Waals surface area contributed by atoms with Crippen molar-refractivity contribution in [2.75, 3.05) is 6.54 Å². The minimum Gasteiger partial charge on any atom is -0.404 e. The van der Waals surface area contributed by atoms with Crippen molar-refractivity contribution in [2.45, 2.75) is 32.1 Å². The van der Waals surface area contributed by atoms with Crippen molar-refractivity contribution in [3.05, 3.63) is 60.1 Å². The van der Waals surface area contributed by atoms with Crippen LogP contribution >= 0.6 is 0 Å². The lowest BCUT2D eigenvalue weighted by molar-refractivity contribution is -0.142. The van der Waals surface area contributed by atoms with Gasteiger partial charge in [-0.05, 0) is 25.1 Å². The van der Waals surface area contributed by atoms with Gasteiger partial charge in [-0.25, -0.2) is 4.99 Å². The quantitative estimate of drug-likeness (QED) is 0.754. The molecule has 2 aromatic rings. The molecule has 1 aliphatic rings. The van der Waals surface area contributed by atoms with E-state index in [-0.39, 0.29) is 18.7 Å². The number of nitrogens with one attached hydrogen (secondary N) is 1. The molecule has 0 aliphatic carbocycles. The van der Waals surface area contributed by atoms with Crippen LogP contribution in [-0.2, 0) is 11.3 Å². The summed E-state index contributed by atoms with van der Waals surface area (Å²) in [6, 6.07) is 9.24. The van der Waals surface area contributed by atoms with Crippen molar-refractivity contribution in [1.29, 1.82) is 0 Å². The molecule has 0 saturated carbocycles. The second kappa shape index (κ2) is 9.02. The van der Waals surface area contributed by atoms with E-state index in [9.17, 15) is 22.8 Å². The van der Waals surface area contributed by atoms with Crippen LogP contribution < -0.4 is 11.1 Å². The van der Waals surface area contributed by atoms with Gasteiger partial charge in [-0.3, -0.25) is 19.2 Å². The average molecular weight is 434 g/mol. The number of nitrogens with two attached hydrogens (primary N) is 1. The second-order valence-corrected chi connectivity index (χ2v) is 6.79. The largest absolute Gasteiger partial charge is 0.408 e. The maximum absolute atomic E-state index is 13.0. The molecular formula is C20H21F3N6O2. The third kappa shape index (κ3) is 5.30. The molecule has 31 heavy (non-hydrogen) atoms. The van der Waals surface area contributed by atoms with Gasteiger partial charge in [-0.15, -0.1) is 0 Å². The van der Waals surface area contributed by atoms with Crippen molar-refractivity contribution in [3.8, 4) is 0 Å². The molecule has 164 valence electrons. The zero-order chi connectivity index (χ0) is 22.6. The fourth-order valence-corrected chi connectivity index (χ4v) is 3.17. The SMILES string of the molecule is CCN1C(=O)C(NC(=O)c2ccn(CC(F)(F)F)n2)C/C(=C/N)C1=Nc1ccccc1. The van der Waals surface area contributed by atoms with Crippen molar-refractivity contribution in [2.24, 2.45) is 10.7 Å². The number of piperidine rings is 1. The number of rotatable bonds is 5. The van der Waals surface area contributed by atoms with Crippen molar-refractivity contribution < 1.29 is 22.8 Å². The summed E-state index contributed by atoms with van der Waals surface area (Å²) in [6.07, 6.45) is -1.99. The van der Waals surface area contributed by atoms with Crippen LogP contribution in [0.3, 0.4) is 0 Å². The highest BCUT2D eigenvalue weighted by Crippen LogP contribution is 2.23. The highest BCUT2D eigenvalue weighted by atomic mass is 19.4. The van der Waals surface area contributed by atoms with Gasteiger partial charge in [0.05, 0.1) is 5.69 Å². The monoisotopic (exact) mass is 434 g/mol. The van der Waals surface area contributed by atoms with Crippen LogP contribution in [0.25, 0.3) is 0 Å². The number of amidine groups is 1. The van der Waals surface area contributed by atoms with Crippen LogP contribution in [0, 0.1) is 0 Å². The van der Waals surface area contributed by atoms with Gasteiger partial charge in [-0.1, -0.05) is 18.2 Å². The van der Waals surface area contributed by atoms with Crippen LogP contribution in [0.15, 0.2) is 59.4 Å². The molecule has 1 aliphatic heterocycles. The lowest BCUT2D eigenvalue weighted by Crippen LogP contribution is -2.55. The maximum Gasteiger partial charge on any atom is 0.408 e. The number of carbonyl (C=O) groups excluding carboxylic acids is 2. The molecule has 0 spiro atoms. The summed E-state index contributed by atoms with van der Waals surface area (Å²) in [6.45, 7) is 0.732. The summed E-state index contributed by atoms with van der Waals surface area (Å²) in [4.78, 5) is 31.4. The topological polar surface area (TPSA) is 106 Å². The normalized spacial score (nSPS) is 19.8. The lowest BCUT2D eigenvalue weighted by atomic mass is 9.98. The van der Waals surface area contributed by atoms with Gasteiger partial charge in [0.1, 0.15) is 24.1 Å². The van der Waals surface area contributed by atoms with Crippen molar-refractivity contribution in [3.63, 3.8) is 0 Å². The van der Waals surface area contributed by atoms with E-state index in [1.165, 1.54) is 11.1 Å². The number of hydrogen-bond donors (Lipinski definition) is 2. The number of benzene rings is 1. The minimum absolute atomic E-state index is 0.0898. The molecule has 3 N–H and O–H groups in total. The third-order valence-corrected chi connectivity index (χ3v) is 4.56. The molecule has 1 unspecified atom stereocenters. The van der Waals surface area contributed by atoms with E-state index < -0.39 is 30.6 Å². The number of likely N-dealkylation sites (N-methyl/N-ethyl adjacent to an activating group) is 1. The van der Waals surface area contributed by atoms with E-state index in [0.29, 0.717) is 21.8 Å². The number of hydrogen-bond acceptors (Lipinski definition) is 5.